The van der Waals surface area contributed by atoms with Gasteiger partial charge in [0.25, 0.3) is 0 Å². The second-order valence-corrected chi connectivity index (χ2v) is 3.86. The molecule has 0 bridgehead atoms. The molecule has 0 aromatic heterocycles. The molecule has 2 unspecified atom stereocenters. The van der Waals surface area contributed by atoms with Crippen molar-refractivity contribution < 1.29 is 5.21 Å². The Morgan fingerprint density at radius 1 is 1.69 bits per heavy atom. The lowest BCUT2D eigenvalue weighted by molar-refractivity contribution is 0.299. The molecule has 1 rings (SSSR count). The molecule has 1 fully saturated rings. The summed E-state index contributed by atoms with van der Waals surface area (Å²) in [7, 11) is 0. The molecule has 0 amide bonds. The number of hydrogen-bond acceptors (Lipinski definition) is 3. The Bertz CT molecular complexity index is 230. The third kappa shape index (κ3) is 2.73. The predicted molar refractivity (Wildman–Crippen MR) is 50.6 cm³/mol. The van der Waals surface area contributed by atoms with Crippen LogP contribution in [0.2, 0.25) is 0 Å². The van der Waals surface area contributed by atoms with Crippen LogP contribution in [0.3, 0.4) is 0 Å². The highest BCUT2D eigenvalue weighted by Crippen LogP contribution is 2.29. The second kappa shape index (κ2) is 4.86. The molecule has 2 atom stereocenters. The Labute approximate surface area is 79.1 Å². The van der Waals surface area contributed by atoms with Gasteiger partial charge < -0.3 is 5.21 Å². The van der Waals surface area contributed by atoms with E-state index >= 15 is 0 Å². The Kier molecular flexibility index (Phi) is 3.75. The summed E-state index contributed by atoms with van der Waals surface area (Å²) in [5.74, 6) is 1.04. The number of nitriles is 1. The SMILES string of the molecule is CC1CCC(=NO)C(CCC#N)C1. The number of oxime groups is 1. The van der Waals surface area contributed by atoms with Crippen LogP contribution in [0, 0.1) is 23.2 Å². The molecule has 72 valence electrons. The fraction of sp³-hybridized carbons (Fsp3) is 0.800. The number of nitrogens with zero attached hydrogens (tertiary/aromatic N) is 2. The Morgan fingerprint density at radius 3 is 3.08 bits per heavy atom. The second-order valence-electron chi connectivity index (χ2n) is 3.86. The lowest BCUT2D eigenvalue weighted by Gasteiger charge is -2.26. The van der Waals surface area contributed by atoms with Crippen molar-refractivity contribution in [3.63, 3.8) is 0 Å². The molecule has 13 heavy (non-hydrogen) atoms. The first-order valence-corrected chi connectivity index (χ1v) is 4.85. The summed E-state index contributed by atoms with van der Waals surface area (Å²) in [5.41, 5.74) is 0.897. The first kappa shape index (κ1) is 10.0. The molecule has 0 aromatic rings. The van der Waals surface area contributed by atoms with Crippen molar-refractivity contribution in [2.45, 2.75) is 39.0 Å². The highest BCUT2D eigenvalue weighted by atomic mass is 16.4. The van der Waals surface area contributed by atoms with Gasteiger partial charge >= 0.3 is 0 Å². The van der Waals surface area contributed by atoms with E-state index in [0.29, 0.717) is 18.3 Å². The van der Waals surface area contributed by atoms with E-state index in [1.165, 1.54) is 0 Å². The smallest absolute Gasteiger partial charge is 0.0621 e. The van der Waals surface area contributed by atoms with Gasteiger partial charge in [0.1, 0.15) is 0 Å². The average molecular weight is 180 g/mol. The normalized spacial score (nSPS) is 31.5. The van der Waals surface area contributed by atoms with Crippen molar-refractivity contribution >= 4 is 5.71 Å². The van der Waals surface area contributed by atoms with Gasteiger partial charge in [0.15, 0.2) is 0 Å². The van der Waals surface area contributed by atoms with Crippen LogP contribution in [0.5, 0.6) is 0 Å². The molecule has 0 heterocycles. The summed E-state index contributed by atoms with van der Waals surface area (Å²) in [6.45, 7) is 2.22. The van der Waals surface area contributed by atoms with E-state index < -0.39 is 0 Å². The minimum atomic E-state index is 0.341. The largest absolute Gasteiger partial charge is 0.411 e. The van der Waals surface area contributed by atoms with Crippen LogP contribution in [-0.2, 0) is 0 Å². The highest BCUT2D eigenvalue weighted by molar-refractivity contribution is 5.86. The molecule has 0 aromatic carbocycles. The van der Waals surface area contributed by atoms with Crippen LogP contribution in [0.1, 0.15) is 39.0 Å². The minimum absolute atomic E-state index is 0.341. The molecule has 1 aliphatic rings. The monoisotopic (exact) mass is 180 g/mol. The molecule has 0 spiro atoms. The molecular formula is C10H16N2O. The van der Waals surface area contributed by atoms with Crippen molar-refractivity contribution in [2.24, 2.45) is 17.0 Å². The van der Waals surface area contributed by atoms with Gasteiger partial charge in [-0.1, -0.05) is 12.1 Å². The quantitative estimate of drug-likeness (QED) is 0.524. The summed E-state index contributed by atoms with van der Waals surface area (Å²) in [5, 5.41) is 20.5. The lowest BCUT2D eigenvalue weighted by Crippen LogP contribution is -2.23. The first-order valence-electron chi connectivity index (χ1n) is 4.85. The summed E-state index contributed by atoms with van der Waals surface area (Å²) in [6.07, 6.45) is 4.49. The van der Waals surface area contributed by atoms with Crippen LogP contribution in [0.4, 0.5) is 0 Å². The zero-order chi connectivity index (χ0) is 9.68. The molecule has 3 heteroatoms. The highest BCUT2D eigenvalue weighted by Gasteiger charge is 2.24. The maximum absolute atomic E-state index is 8.75. The predicted octanol–water partition coefficient (Wildman–Crippen LogP) is 2.56. The van der Waals surface area contributed by atoms with Crippen LogP contribution in [0.25, 0.3) is 0 Å². The zero-order valence-electron chi connectivity index (χ0n) is 8.03. The molecule has 0 radical (unpaired) electrons. The summed E-state index contributed by atoms with van der Waals surface area (Å²) < 4.78 is 0. The van der Waals surface area contributed by atoms with E-state index in [2.05, 4.69) is 18.1 Å². The Hall–Kier alpha value is -1.04. The summed E-state index contributed by atoms with van der Waals surface area (Å²) in [4.78, 5) is 0. The minimum Gasteiger partial charge on any atom is -0.411 e. The molecule has 1 N–H and O–H groups in total. The maximum Gasteiger partial charge on any atom is 0.0621 e. The van der Waals surface area contributed by atoms with Crippen molar-refractivity contribution in [3.8, 4) is 6.07 Å². The van der Waals surface area contributed by atoms with E-state index in [1.807, 2.05) is 0 Å². The van der Waals surface area contributed by atoms with E-state index in [9.17, 15) is 0 Å². The summed E-state index contributed by atoms with van der Waals surface area (Å²) >= 11 is 0. The van der Waals surface area contributed by atoms with Crippen LogP contribution < -0.4 is 0 Å². The standard InChI is InChI=1S/C10H16N2O/c1-8-4-5-10(12-13)9(7-8)3-2-6-11/h8-9,13H,2-5,7H2,1H3. The maximum atomic E-state index is 8.75. The zero-order valence-corrected chi connectivity index (χ0v) is 8.03. The molecule has 0 saturated heterocycles. The van der Waals surface area contributed by atoms with Crippen molar-refractivity contribution in [3.05, 3.63) is 0 Å². The van der Waals surface area contributed by atoms with Gasteiger partial charge in [0.2, 0.25) is 0 Å². The Morgan fingerprint density at radius 2 is 2.46 bits per heavy atom. The topological polar surface area (TPSA) is 56.4 Å². The third-order valence-corrected chi connectivity index (χ3v) is 2.78. The van der Waals surface area contributed by atoms with Crippen molar-refractivity contribution in [2.75, 3.05) is 0 Å². The Balaban J connectivity index is 2.51. The molecular weight excluding hydrogens is 164 g/mol. The number of rotatable bonds is 2. The average Bonchev–Trinajstić information content (AvgIpc) is 2.15. The summed E-state index contributed by atoms with van der Waals surface area (Å²) in [6, 6.07) is 2.14. The van der Waals surface area contributed by atoms with Gasteiger partial charge in [-0.2, -0.15) is 5.26 Å². The molecule has 1 saturated carbocycles. The van der Waals surface area contributed by atoms with Gasteiger partial charge in [-0.25, -0.2) is 0 Å². The van der Waals surface area contributed by atoms with E-state index in [0.717, 1.165) is 31.4 Å². The van der Waals surface area contributed by atoms with Gasteiger partial charge in [-0.3, -0.25) is 0 Å². The van der Waals surface area contributed by atoms with E-state index in [-0.39, 0.29) is 0 Å². The lowest BCUT2D eigenvalue weighted by atomic mass is 9.79. The van der Waals surface area contributed by atoms with Gasteiger partial charge in [0, 0.05) is 12.3 Å². The van der Waals surface area contributed by atoms with Crippen molar-refractivity contribution in [1.29, 1.82) is 5.26 Å². The van der Waals surface area contributed by atoms with E-state index in [4.69, 9.17) is 10.5 Å². The molecule has 1 aliphatic carbocycles. The number of hydrogen-bond donors (Lipinski definition) is 1. The third-order valence-electron chi connectivity index (χ3n) is 2.78. The van der Waals surface area contributed by atoms with Crippen LogP contribution >= 0.6 is 0 Å². The van der Waals surface area contributed by atoms with Gasteiger partial charge in [-0.05, 0) is 31.6 Å². The van der Waals surface area contributed by atoms with Gasteiger partial charge in [0.05, 0.1) is 11.8 Å². The first-order chi connectivity index (χ1) is 6.27. The van der Waals surface area contributed by atoms with E-state index in [1.54, 1.807) is 0 Å². The fourth-order valence-corrected chi connectivity index (χ4v) is 1.99. The van der Waals surface area contributed by atoms with Crippen LogP contribution in [0.15, 0.2) is 5.16 Å². The fourth-order valence-electron chi connectivity index (χ4n) is 1.99. The van der Waals surface area contributed by atoms with Gasteiger partial charge in [-0.15, -0.1) is 0 Å². The molecule has 0 aliphatic heterocycles. The van der Waals surface area contributed by atoms with Crippen molar-refractivity contribution in [1.82, 2.24) is 0 Å². The van der Waals surface area contributed by atoms with Crippen LogP contribution in [-0.4, -0.2) is 10.9 Å². The molecule has 3 nitrogen and oxygen atoms in total.